The Morgan fingerprint density at radius 2 is 1.89 bits per heavy atom. The van der Waals surface area contributed by atoms with Gasteiger partial charge in [-0.3, -0.25) is 10.2 Å². The van der Waals surface area contributed by atoms with Gasteiger partial charge in [-0.1, -0.05) is 25.1 Å². The maximum Gasteiger partial charge on any atom is 0.283 e. The van der Waals surface area contributed by atoms with Gasteiger partial charge in [0.15, 0.2) is 5.84 Å². The number of methoxy groups -OCH3 is 1. The number of ether oxygens (including phenoxy) is 2. The molecule has 3 heterocycles. The lowest BCUT2D eigenvalue weighted by atomic mass is 10.1. The Labute approximate surface area is 207 Å². The van der Waals surface area contributed by atoms with Crippen LogP contribution in [0.4, 0.5) is 0 Å². The van der Waals surface area contributed by atoms with Crippen molar-refractivity contribution in [1.82, 2.24) is 9.58 Å². The van der Waals surface area contributed by atoms with Gasteiger partial charge in [-0.05, 0) is 61.0 Å². The minimum Gasteiger partial charge on any atom is -0.497 e. The summed E-state index contributed by atoms with van der Waals surface area (Å²) in [5.41, 5.74) is 2.10. The van der Waals surface area contributed by atoms with Crippen molar-refractivity contribution in [1.29, 1.82) is 5.41 Å². The van der Waals surface area contributed by atoms with E-state index in [1.165, 1.54) is 16.8 Å². The highest BCUT2D eigenvalue weighted by Crippen LogP contribution is 2.31. The van der Waals surface area contributed by atoms with Crippen LogP contribution < -0.4 is 9.47 Å². The van der Waals surface area contributed by atoms with Gasteiger partial charge < -0.3 is 14.0 Å². The van der Waals surface area contributed by atoms with Crippen LogP contribution in [0.1, 0.15) is 25.3 Å². The Kier molecular flexibility index (Phi) is 6.41. The number of aromatic nitrogens is 1. The standard InChI is InChI=1S/C26H25N5O3S/c1-3-6-23-29-31-24(27)21(25(32)28-26(31)35-23)15-17-16-30(22-8-5-4-7-20(17)22)13-14-34-19-11-9-18(33-2)10-12-19/h4-5,7-12,15-16,27H,3,6,13-14H2,1-2H3/b21-15-,27-24?. The van der Waals surface area contributed by atoms with Crippen LogP contribution in [0, 0.1) is 5.41 Å². The minimum absolute atomic E-state index is 0.0540. The predicted octanol–water partition coefficient (Wildman–Crippen LogP) is 5.15. The zero-order valence-electron chi connectivity index (χ0n) is 19.5. The van der Waals surface area contributed by atoms with Gasteiger partial charge in [0.2, 0.25) is 5.17 Å². The number of carbonyl (C=O) groups is 1. The fourth-order valence-electron chi connectivity index (χ4n) is 4.01. The van der Waals surface area contributed by atoms with Crippen molar-refractivity contribution in [3.05, 3.63) is 65.9 Å². The van der Waals surface area contributed by atoms with Gasteiger partial charge in [-0.2, -0.15) is 15.1 Å². The molecule has 0 saturated carbocycles. The average molecular weight is 488 g/mol. The van der Waals surface area contributed by atoms with Gasteiger partial charge >= 0.3 is 0 Å². The van der Waals surface area contributed by atoms with Crippen LogP contribution in [-0.2, 0) is 11.3 Å². The number of rotatable bonds is 8. The van der Waals surface area contributed by atoms with Gasteiger partial charge in [-0.15, -0.1) is 0 Å². The fraction of sp³-hybridized carbons (Fsp3) is 0.231. The number of amides is 1. The van der Waals surface area contributed by atoms with E-state index in [2.05, 4.69) is 21.6 Å². The van der Waals surface area contributed by atoms with Gasteiger partial charge in [0.05, 0.1) is 19.2 Å². The summed E-state index contributed by atoms with van der Waals surface area (Å²) in [7, 11) is 1.63. The number of para-hydroxylation sites is 1. The molecule has 2 aliphatic rings. The van der Waals surface area contributed by atoms with E-state index in [9.17, 15) is 4.79 Å². The van der Waals surface area contributed by atoms with Crippen molar-refractivity contribution in [2.45, 2.75) is 26.3 Å². The molecular weight excluding hydrogens is 462 g/mol. The summed E-state index contributed by atoms with van der Waals surface area (Å²) in [6, 6.07) is 15.5. The molecule has 0 aliphatic carbocycles. The molecule has 0 unspecified atom stereocenters. The van der Waals surface area contributed by atoms with E-state index in [4.69, 9.17) is 14.9 Å². The lowest BCUT2D eigenvalue weighted by molar-refractivity contribution is -0.114. The first-order valence-corrected chi connectivity index (χ1v) is 12.2. The molecule has 0 bridgehead atoms. The summed E-state index contributed by atoms with van der Waals surface area (Å²) in [6.07, 6.45) is 5.47. The monoisotopic (exact) mass is 487 g/mol. The third-order valence-electron chi connectivity index (χ3n) is 5.74. The SMILES string of the molecule is CCCC1=NN2C(=N)/C(=C/c3cn(CCOc4ccc(OC)cc4)c4ccccc34)C(=O)N=C2S1. The molecule has 3 aromatic rings. The van der Waals surface area contributed by atoms with E-state index in [1.54, 1.807) is 13.2 Å². The lowest BCUT2D eigenvalue weighted by Crippen LogP contribution is -2.35. The zero-order valence-corrected chi connectivity index (χ0v) is 20.3. The maximum absolute atomic E-state index is 12.8. The number of hydrazone groups is 1. The molecule has 1 amide bonds. The van der Waals surface area contributed by atoms with Gasteiger partial charge in [0, 0.05) is 22.7 Å². The van der Waals surface area contributed by atoms with Crippen molar-refractivity contribution in [2.75, 3.05) is 13.7 Å². The Hall–Kier alpha value is -3.85. The van der Waals surface area contributed by atoms with Gasteiger partial charge in [0.25, 0.3) is 5.91 Å². The molecule has 9 heteroatoms. The minimum atomic E-state index is -0.415. The van der Waals surface area contributed by atoms with Crippen LogP contribution in [0.2, 0.25) is 0 Å². The largest absolute Gasteiger partial charge is 0.497 e. The molecule has 2 aromatic carbocycles. The molecule has 0 spiro atoms. The van der Waals surface area contributed by atoms with Crippen molar-refractivity contribution in [2.24, 2.45) is 10.1 Å². The second-order valence-corrected chi connectivity index (χ2v) is 9.12. The molecule has 5 rings (SSSR count). The molecule has 0 radical (unpaired) electrons. The first-order chi connectivity index (χ1) is 17.1. The molecule has 1 aromatic heterocycles. The van der Waals surface area contributed by atoms with E-state index in [1.807, 2.05) is 54.7 Å². The smallest absolute Gasteiger partial charge is 0.283 e. The van der Waals surface area contributed by atoms with Gasteiger partial charge in [-0.25, -0.2) is 0 Å². The molecule has 0 fully saturated rings. The molecule has 35 heavy (non-hydrogen) atoms. The van der Waals surface area contributed by atoms with Crippen LogP contribution >= 0.6 is 11.8 Å². The third kappa shape index (κ3) is 4.59. The fourth-order valence-corrected chi connectivity index (χ4v) is 5.00. The van der Waals surface area contributed by atoms with E-state index in [-0.39, 0.29) is 11.4 Å². The Morgan fingerprint density at radius 1 is 1.11 bits per heavy atom. The molecule has 0 saturated heterocycles. The first-order valence-electron chi connectivity index (χ1n) is 11.4. The highest BCUT2D eigenvalue weighted by atomic mass is 32.2. The Balaban J connectivity index is 1.39. The van der Waals surface area contributed by atoms with Crippen LogP contribution in [0.3, 0.4) is 0 Å². The average Bonchev–Trinajstić information content (AvgIpc) is 3.43. The number of hydrogen-bond acceptors (Lipinski definition) is 6. The van der Waals surface area contributed by atoms with Crippen molar-refractivity contribution in [3.8, 4) is 11.5 Å². The quantitative estimate of drug-likeness (QED) is 0.444. The van der Waals surface area contributed by atoms with Crippen molar-refractivity contribution < 1.29 is 14.3 Å². The Morgan fingerprint density at radius 3 is 2.66 bits per heavy atom. The van der Waals surface area contributed by atoms with E-state index < -0.39 is 5.91 Å². The molecule has 1 N–H and O–H groups in total. The highest BCUT2D eigenvalue weighted by molar-refractivity contribution is 8.26. The van der Waals surface area contributed by atoms with E-state index in [0.717, 1.165) is 45.9 Å². The zero-order chi connectivity index (χ0) is 24.4. The number of nitrogens with zero attached hydrogens (tertiary/aromatic N) is 4. The lowest BCUT2D eigenvalue weighted by Gasteiger charge is -2.20. The van der Waals surface area contributed by atoms with E-state index in [0.29, 0.717) is 18.3 Å². The van der Waals surface area contributed by atoms with Crippen LogP contribution in [0.5, 0.6) is 11.5 Å². The number of aliphatic imine (C=N–C) groups is 1. The van der Waals surface area contributed by atoms with E-state index >= 15 is 0 Å². The molecule has 8 nitrogen and oxygen atoms in total. The summed E-state index contributed by atoms with van der Waals surface area (Å²) in [4.78, 5) is 17.0. The van der Waals surface area contributed by atoms with Gasteiger partial charge in [0.1, 0.15) is 23.1 Å². The maximum atomic E-state index is 12.8. The van der Waals surface area contributed by atoms with Crippen molar-refractivity contribution in [3.63, 3.8) is 0 Å². The number of nitrogens with one attached hydrogen (secondary N) is 1. The first kappa shape index (κ1) is 22.9. The number of fused-ring (bicyclic) bond motifs is 2. The number of carbonyl (C=O) groups excluding carboxylic acids is 1. The molecular formula is C26H25N5O3S. The topological polar surface area (TPSA) is 92.3 Å². The number of hydrogen-bond donors (Lipinski definition) is 1. The van der Waals surface area contributed by atoms with Crippen LogP contribution in [0.25, 0.3) is 17.0 Å². The second kappa shape index (κ2) is 9.79. The number of thioether (sulfide) groups is 1. The molecule has 178 valence electrons. The normalized spacial score (nSPS) is 16.5. The summed E-state index contributed by atoms with van der Waals surface area (Å²) < 4.78 is 13.2. The van der Waals surface area contributed by atoms with Crippen LogP contribution in [0.15, 0.2) is 70.4 Å². The number of amidine groups is 2. The second-order valence-electron chi connectivity index (χ2n) is 8.08. The summed E-state index contributed by atoms with van der Waals surface area (Å²) in [6.45, 7) is 3.17. The summed E-state index contributed by atoms with van der Waals surface area (Å²) in [5.74, 6) is 1.19. The third-order valence-corrected chi connectivity index (χ3v) is 6.71. The Bertz CT molecular complexity index is 1390. The summed E-state index contributed by atoms with van der Waals surface area (Å²) >= 11 is 1.36. The molecule has 2 aliphatic heterocycles. The highest BCUT2D eigenvalue weighted by Gasteiger charge is 2.35. The van der Waals surface area contributed by atoms with Crippen molar-refractivity contribution >= 4 is 50.7 Å². The van der Waals surface area contributed by atoms with Crippen LogP contribution in [-0.4, -0.2) is 45.2 Å². The molecule has 0 atom stereocenters. The number of benzene rings is 2. The summed E-state index contributed by atoms with van der Waals surface area (Å²) in [5, 5.41) is 16.9. The predicted molar refractivity (Wildman–Crippen MR) is 140 cm³/mol.